The van der Waals surface area contributed by atoms with E-state index >= 15 is 0 Å². The van der Waals surface area contributed by atoms with Crippen molar-refractivity contribution in [2.75, 3.05) is 0 Å². The molecule has 0 radical (unpaired) electrons. The first-order valence-corrected chi connectivity index (χ1v) is 48.2. The van der Waals surface area contributed by atoms with Crippen LogP contribution in [-0.2, 0) is 125 Å². The van der Waals surface area contributed by atoms with Gasteiger partial charge >= 0.3 is 36.6 Å². The number of rotatable bonds is 36. The number of hydrogen-bond donors (Lipinski definition) is 14. The maximum atomic E-state index is 13.3. The lowest BCUT2D eigenvalue weighted by Gasteiger charge is -2.48. The molecule has 6 aliphatic heterocycles. The van der Waals surface area contributed by atoms with Crippen LogP contribution < -0.4 is 31.9 Å². The first-order chi connectivity index (χ1) is 67.7. The molecular weight excluding hydrogens is 1820 g/mol. The van der Waals surface area contributed by atoms with Crippen LogP contribution >= 0.6 is 0 Å². The van der Waals surface area contributed by atoms with Gasteiger partial charge in [-0.1, -0.05) is 262 Å². The van der Waals surface area contributed by atoms with Crippen molar-refractivity contribution >= 4 is 36.6 Å². The molecule has 140 heavy (non-hydrogen) atoms. The largest absolute Gasteiger partial charge is 0.445 e. The molecule has 38 nitrogen and oxygen atoms in total. The van der Waals surface area contributed by atoms with E-state index < -0.39 is 232 Å². The second-order valence-electron chi connectivity index (χ2n) is 36.0. The Labute approximate surface area is 813 Å². The van der Waals surface area contributed by atoms with Gasteiger partial charge in [-0.15, -0.1) is 0 Å². The summed E-state index contributed by atoms with van der Waals surface area (Å²) < 4.78 is 110. The third-order valence-corrected chi connectivity index (χ3v) is 26.0. The number of carbonyl (C=O) groups excluding carboxylic acids is 6. The van der Waals surface area contributed by atoms with Crippen LogP contribution in [0.5, 0.6) is 0 Å². The Bertz CT molecular complexity index is 4850. The molecule has 38 heteroatoms. The molecule has 0 aromatic heterocycles. The van der Waals surface area contributed by atoms with Gasteiger partial charge in [-0.2, -0.15) is 0 Å². The minimum atomic E-state index is -1.64. The zero-order valence-electron chi connectivity index (χ0n) is 79.5. The zero-order valence-corrected chi connectivity index (χ0v) is 79.5. The summed E-state index contributed by atoms with van der Waals surface area (Å²) in [5.74, 6) is -1.02. The highest BCUT2D eigenvalue weighted by atomic mass is 16.8. The highest BCUT2D eigenvalue weighted by Crippen LogP contribution is 2.42. The maximum Gasteiger partial charge on any atom is 0.408 e. The van der Waals surface area contributed by atoms with Crippen LogP contribution in [0.3, 0.4) is 0 Å². The second-order valence-corrected chi connectivity index (χ2v) is 36.0. The number of nitrogens with one attached hydrogen (secondary N) is 6. The molecular formula is C102H134N6O32. The third-order valence-electron chi connectivity index (χ3n) is 26.0. The van der Waals surface area contributed by atoms with E-state index in [1.807, 2.05) is 149 Å². The number of amides is 6. The van der Waals surface area contributed by atoms with Gasteiger partial charge < -0.3 is 158 Å². The van der Waals surface area contributed by atoms with Crippen LogP contribution in [0.25, 0.3) is 0 Å². The van der Waals surface area contributed by atoms with Crippen molar-refractivity contribution in [2.24, 2.45) is 11.8 Å². The van der Waals surface area contributed by atoms with Crippen LogP contribution in [0.15, 0.2) is 206 Å². The zero-order chi connectivity index (χ0) is 99.5. The minimum Gasteiger partial charge on any atom is -0.445 e. The number of ether oxygens (including phenoxy) is 18. The first-order valence-electron chi connectivity index (χ1n) is 48.2. The van der Waals surface area contributed by atoms with E-state index in [2.05, 4.69) is 31.9 Å². The number of benzene rings is 6. The molecule has 4 saturated heterocycles. The molecule has 8 aliphatic rings. The monoisotopic (exact) mass is 1950 g/mol. The quantitative estimate of drug-likeness (QED) is 0.0129. The molecule has 6 heterocycles. The molecule has 14 rings (SSSR count). The lowest BCUT2D eigenvalue weighted by atomic mass is 9.80. The SMILES string of the molecule is CC[C@@H]1C=C[C@@H](NC(=O)OCc2ccccc2)[C@@H](O[C@H]2[C@H](O[C@@H]3O[C@H](CC)[C@@H](O[C@H]4O[C@H](CC)C=C[C@H]4NC(=O)OCc4ccccc4)[C@H]3O)[C@@H](O)[C@H](NC(=O)OCc3ccccc3)C[C@@H]2C)O1.CC[C@H]1O[C@H](O[C@H]2[C@H](O[C@@H]3O[C@H](CC)[C@@H](O[C@H]4O[C@H](CC)[C@@H](O)[C@H](O)[C@H]4NC(=O)OCc4ccccc4)[C@H]3O)[C@@H](O)[C@H](NC(=O)OCc3ccccc3)C[C@@H]2C)[C@H](NC(=O)OCc2ccccc2)[C@@H](O)[C@@H]1O. The molecule has 2 aliphatic carbocycles. The van der Waals surface area contributed by atoms with Crippen LogP contribution in [0.1, 0.15) is 140 Å². The van der Waals surface area contributed by atoms with Gasteiger partial charge in [0.1, 0.15) is 137 Å². The van der Waals surface area contributed by atoms with Gasteiger partial charge in [0.25, 0.3) is 0 Å². The van der Waals surface area contributed by atoms with Crippen molar-refractivity contribution < 1.29 is 155 Å². The van der Waals surface area contributed by atoms with Crippen molar-refractivity contribution in [1.82, 2.24) is 31.9 Å². The summed E-state index contributed by atoms with van der Waals surface area (Å²) in [4.78, 5) is 79.0. The van der Waals surface area contributed by atoms with Gasteiger partial charge in [0.05, 0.1) is 60.9 Å². The number of carbonyl (C=O) groups is 6. The minimum absolute atomic E-state index is 0.0106. The summed E-state index contributed by atoms with van der Waals surface area (Å²) in [6.07, 6.45) is -26.4. The van der Waals surface area contributed by atoms with Crippen molar-refractivity contribution in [3.05, 3.63) is 240 Å². The van der Waals surface area contributed by atoms with E-state index in [0.717, 1.165) is 22.3 Å². The molecule has 0 bridgehead atoms. The van der Waals surface area contributed by atoms with Crippen LogP contribution in [-0.4, -0.2) is 273 Å². The van der Waals surface area contributed by atoms with E-state index in [4.69, 9.17) is 85.3 Å². The normalized spacial score (nSPS) is 34.0. The standard InChI is InChI=1S/C51H69N3O18.C51H65N3O14/c1-5-32-38(56)40(58)35(53-50(62)65-25-29-19-13-9-14-20-29)46(67-32)70-43-27(4)23-31(52-49(61)64-24-28-17-11-8-12-18-28)37(55)45(43)72-48-42(60)44(34(7-3)69-48)71-47-36(41(59)39(57)33(6-2)68-47)54-51(63)66-26-30-21-15-10-16-22-30;1-5-35-23-25-37(52-49(57)60-28-32-17-11-8-12-18-32)46(63-35)66-43-31(4)27-39(54-51(59)62-30-34-21-15-10-16-22-34)41(55)45(43)68-48-42(56)44(40(7-3)65-48)67-47-38(26-24-36(6-2)64-47)53-50(58)61-29-33-19-13-9-14-20-33/h8-22,27,31-48,55-60H,5-7,23-26H2,1-4H3,(H,52,61)(H,53,62)(H,54,63);8-26,31,35-48,55-56H,5-7,27-30H2,1-4H3,(H,52,57)(H,53,58)(H,54,59)/t27-,31+,32+,33+,34+,35+,36+,37-,38+,39+,40+,41+,42+,43+,44+,45+,46+,47+,48-;31-,35+,36+,37+,38+,39+,40+,41-,42+,43+,44+,45+,46+,47+,48-/m00/s1. The topological polar surface area (TPSA) is 503 Å². The molecule has 6 amide bonds. The first kappa shape index (κ1) is 107. The maximum absolute atomic E-state index is 13.3. The Morgan fingerprint density at radius 3 is 0.800 bits per heavy atom. The predicted octanol–water partition coefficient (Wildman–Crippen LogP) is 8.94. The van der Waals surface area contributed by atoms with E-state index in [0.29, 0.717) is 30.4 Å². The fourth-order valence-corrected chi connectivity index (χ4v) is 18.1. The van der Waals surface area contributed by atoms with Crippen LogP contribution in [0, 0.1) is 11.8 Å². The fraction of sp³-hybridized carbons (Fsp3) is 0.549. The van der Waals surface area contributed by atoms with Crippen molar-refractivity contribution in [3.63, 3.8) is 0 Å². The Kier molecular flexibility index (Phi) is 40.1. The van der Waals surface area contributed by atoms with Crippen LogP contribution in [0.4, 0.5) is 28.8 Å². The van der Waals surface area contributed by atoms with Gasteiger partial charge in [-0.25, -0.2) is 28.8 Å². The molecule has 764 valence electrons. The van der Waals surface area contributed by atoms with Gasteiger partial charge in [0.2, 0.25) is 0 Å². The van der Waals surface area contributed by atoms with Gasteiger partial charge in [-0.05, 0) is 96.6 Å². The number of aliphatic hydroxyl groups is 8. The predicted molar refractivity (Wildman–Crippen MR) is 498 cm³/mol. The number of aliphatic hydroxyl groups excluding tert-OH is 8. The Morgan fingerprint density at radius 2 is 0.514 bits per heavy atom. The van der Waals surface area contributed by atoms with Gasteiger partial charge in [0.15, 0.2) is 37.7 Å². The van der Waals surface area contributed by atoms with E-state index in [9.17, 15) is 69.6 Å². The second kappa shape index (κ2) is 52.6. The summed E-state index contributed by atoms with van der Waals surface area (Å²) >= 11 is 0. The summed E-state index contributed by atoms with van der Waals surface area (Å²) in [6.45, 7) is 14.5. The lowest BCUT2D eigenvalue weighted by molar-refractivity contribution is -0.315. The van der Waals surface area contributed by atoms with Crippen molar-refractivity contribution in [3.8, 4) is 0 Å². The highest BCUT2D eigenvalue weighted by Gasteiger charge is 2.58. The fourth-order valence-electron chi connectivity index (χ4n) is 18.1. The summed E-state index contributed by atoms with van der Waals surface area (Å²) in [7, 11) is 0. The van der Waals surface area contributed by atoms with Gasteiger partial charge in [0, 0.05) is 0 Å². The third kappa shape index (κ3) is 29.0. The van der Waals surface area contributed by atoms with E-state index in [1.165, 1.54) is 0 Å². The van der Waals surface area contributed by atoms with Gasteiger partial charge in [-0.3, -0.25) is 0 Å². The van der Waals surface area contributed by atoms with Crippen molar-refractivity contribution in [1.29, 1.82) is 0 Å². The van der Waals surface area contributed by atoms with E-state index in [-0.39, 0.29) is 84.0 Å². The number of alkyl carbamates (subject to hydrolysis) is 6. The van der Waals surface area contributed by atoms with Crippen LogP contribution in [0.2, 0.25) is 0 Å². The Morgan fingerprint density at radius 1 is 0.264 bits per heavy atom. The molecule has 6 aromatic carbocycles. The number of hydrogen-bond acceptors (Lipinski definition) is 32. The lowest BCUT2D eigenvalue weighted by Crippen LogP contribution is -2.67. The highest BCUT2D eigenvalue weighted by molar-refractivity contribution is 5.70. The average Bonchev–Trinajstić information content (AvgIpc) is 1.54. The summed E-state index contributed by atoms with van der Waals surface area (Å²) in [5, 5.41) is 110. The summed E-state index contributed by atoms with van der Waals surface area (Å²) in [6, 6.07) is 48.3. The molecule has 14 N–H and O–H groups in total. The molecule has 6 fully saturated rings. The molecule has 2 saturated carbocycles. The molecule has 0 spiro atoms. The Hall–Kier alpha value is -10.4. The average molecular weight is 1960 g/mol. The molecule has 34 atom stereocenters. The molecule has 0 unspecified atom stereocenters. The smallest absolute Gasteiger partial charge is 0.408 e. The van der Waals surface area contributed by atoms with E-state index in [1.54, 1.807) is 113 Å². The summed E-state index contributed by atoms with van der Waals surface area (Å²) in [5.41, 5.74) is 4.54. The Balaban J connectivity index is 0.000000236. The molecule has 6 aromatic rings. The van der Waals surface area contributed by atoms with Crippen molar-refractivity contribution in [2.45, 2.75) is 342 Å².